The van der Waals surface area contributed by atoms with E-state index in [0.717, 1.165) is 6.42 Å². The zero-order valence-electron chi connectivity index (χ0n) is 7.31. The second kappa shape index (κ2) is 4.88. The van der Waals surface area contributed by atoms with Gasteiger partial charge in [-0.2, -0.15) is 0 Å². The molecule has 0 aromatic heterocycles. The SMILES string of the molecule is CCCC(=O)C(C)NC(C)=O. The maximum Gasteiger partial charge on any atom is 0.217 e. The minimum atomic E-state index is -0.326. The molecule has 0 spiro atoms. The van der Waals surface area contributed by atoms with Crippen LogP contribution in [0.3, 0.4) is 0 Å². The van der Waals surface area contributed by atoms with E-state index in [1.165, 1.54) is 6.92 Å². The molecule has 0 radical (unpaired) electrons. The molecule has 0 aromatic carbocycles. The van der Waals surface area contributed by atoms with Crippen LogP contribution >= 0.6 is 0 Å². The Morgan fingerprint density at radius 2 is 2.00 bits per heavy atom. The van der Waals surface area contributed by atoms with E-state index in [2.05, 4.69) is 5.32 Å². The van der Waals surface area contributed by atoms with Crippen LogP contribution in [0.25, 0.3) is 0 Å². The van der Waals surface area contributed by atoms with Gasteiger partial charge in [0.15, 0.2) is 5.78 Å². The molecule has 1 amide bonds. The van der Waals surface area contributed by atoms with Crippen molar-refractivity contribution in [2.24, 2.45) is 0 Å². The highest BCUT2D eigenvalue weighted by Gasteiger charge is 2.11. The predicted molar refractivity (Wildman–Crippen MR) is 43.2 cm³/mol. The molecule has 0 saturated carbocycles. The van der Waals surface area contributed by atoms with Crippen LogP contribution in [0.4, 0.5) is 0 Å². The minimum Gasteiger partial charge on any atom is -0.347 e. The van der Waals surface area contributed by atoms with Gasteiger partial charge in [-0.15, -0.1) is 0 Å². The average Bonchev–Trinajstić information content (AvgIpc) is 1.86. The molecule has 0 saturated heterocycles. The molecular weight excluding hydrogens is 142 g/mol. The van der Waals surface area contributed by atoms with Gasteiger partial charge in [0.2, 0.25) is 5.91 Å². The molecule has 11 heavy (non-hydrogen) atoms. The van der Waals surface area contributed by atoms with Gasteiger partial charge in [-0.25, -0.2) is 0 Å². The lowest BCUT2D eigenvalue weighted by Crippen LogP contribution is -2.36. The molecule has 1 unspecified atom stereocenters. The molecule has 0 aliphatic rings. The van der Waals surface area contributed by atoms with E-state index in [9.17, 15) is 9.59 Å². The fourth-order valence-corrected chi connectivity index (χ4v) is 0.848. The van der Waals surface area contributed by atoms with Gasteiger partial charge in [0.05, 0.1) is 6.04 Å². The number of hydrogen-bond acceptors (Lipinski definition) is 2. The Bertz CT molecular complexity index is 154. The number of rotatable bonds is 4. The van der Waals surface area contributed by atoms with Crippen LogP contribution < -0.4 is 5.32 Å². The van der Waals surface area contributed by atoms with Gasteiger partial charge in [-0.1, -0.05) is 6.92 Å². The van der Waals surface area contributed by atoms with E-state index in [0.29, 0.717) is 6.42 Å². The Kier molecular flexibility index (Phi) is 4.50. The first-order chi connectivity index (χ1) is 5.07. The van der Waals surface area contributed by atoms with Gasteiger partial charge >= 0.3 is 0 Å². The third-order valence-corrected chi connectivity index (χ3v) is 1.40. The summed E-state index contributed by atoms with van der Waals surface area (Å²) in [6.45, 7) is 5.06. The zero-order chi connectivity index (χ0) is 8.85. The van der Waals surface area contributed by atoms with Crippen molar-refractivity contribution in [2.75, 3.05) is 0 Å². The molecule has 1 N–H and O–H groups in total. The van der Waals surface area contributed by atoms with Crippen LogP contribution in [-0.4, -0.2) is 17.7 Å². The maximum atomic E-state index is 11.1. The molecule has 3 nitrogen and oxygen atoms in total. The Balaban J connectivity index is 3.73. The number of amides is 1. The zero-order valence-corrected chi connectivity index (χ0v) is 7.31. The van der Waals surface area contributed by atoms with Gasteiger partial charge in [-0.05, 0) is 13.3 Å². The van der Waals surface area contributed by atoms with E-state index in [-0.39, 0.29) is 17.7 Å². The first-order valence-corrected chi connectivity index (χ1v) is 3.87. The standard InChI is InChI=1S/C8H15NO2/c1-4-5-8(11)6(2)9-7(3)10/h6H,4-5H2,1-3H3,(H,9,10). The van der Waals surface area contributed by atoms with E-state index >= 15 is 0 Å². The van der Waals surface area contributed by atoms with Crippen LogP contribution in [-0.2, 0) is 9.59 Å². The highest BCUT2D eigenvalue weighted by Crippen LogP contribution is 1.94. The van der Waals surface area contributed by atoms with E-state index in [1.807, 2.05) is 6.92 Å². The number of hydrogen-bond donors (Lipinski definition) is 1. The summed E-state index contributed by atoms with van der Waals surface area (Å²) < 4.78 is 0. The molecule has 0 bridgehead atoms. The summed E-state index contributed by atoms with van der Waals surface area (Å²) in [5.74, 6) is -0.0512. The number of carbonyl (C=O) groups excluding carboxylic acids is 2. The molecule has 0 rings (SSSR count). The molecule has 64 valence electrons. The topological polar surface area (TPSA) is 46.2 Å². The number of ketones is 1. The van der Waals surface area contributed by atoms with E-state index in [4.69, 9.17) is 0 Å². The van der Waals surface area contributed by atoms with Crippen LogP contribution in [0.2, 0.25) is 0 Å². The summed E-state index contributed by atoms with van der Waals surface area (Å²) in [6.07, 6.45) is 1.38. The van der Waals surface area contributed by atoms with Crippen molar-refractivity contribution in [3.05, 3.63) is 0 Å². The Morgan fingerprint density at radius 1 is 1.45 bits per heavy atom. The Labute approximate surface area is 67.2 Å². The van der Waals surface area contributed by atoms with Crippen molar-refractivity contribution >= 4 is 11.7 Å². The molecule has 0 aliphatic heterocycles. The van der Waals surface area contributed by atoms with Gasteiger partial charge in [0.25, 0.3) is 0 Å². The monoisotopic (exact) mass is 157 g/mol. The summed E-state index contributed by atoms with van der Waals surface area (Å²) >= 11 is 0. The van der Waals surface area contributed by atoms with E-state index in [1.54, 1.807) is 6.92 Å². The largest absolute Gasteiger partial charge is 0.347 e. The maximum absolute atomic E-state index is 11.1. The van der Waals surface area contributed by atoms with Crippen molar-refractivity contribution in [2.45, 2.75) is 39.7 Å². The number of Topliss-reactive ketones (excluding diaryl/α,β-unsaturated/α-hetero) is 1. The Morgan fingerprint density at radius 3 is 2.36 bits per heavy atom. The summed E-state index contributed by atoms with van der Waals surface area (Å²) in [5.41, 5.74) is 0. The van der Waals surface area contributed by atoms with Crippen molar-refractivity contribution in [3.63, 3.8) is 0 Å². The minimum absolute atomic E-state index is 0.0997. The lowest BCUT2D eigenvalue weighted by Gasteiger charge is -2.09. The van der Waals surface area contributed by atoms with Gasteiger partial charge in [-0.3, -0.25) is 9.59 Å². The van der Waals surface area contributed by atoms with Crippen molar-refractivity contribution < 1.29 is 9.59 Å². The molecule has 0 fully saturated rings. The molecule has 1 atom stereocenters. The molecule has 0 heterocycles. The van der Waals surface area contributed by atoms with Crippen molar-refractivity contribution in [1.29, 1.82) is 0 Å². The third kappa shape index (κ3) is 4.53. The lowest BCUT2D eigenvalue weighted by molar-refractivity contribution is -0.126. The summed E-state index contributed by atoms with van der Waals surface area (Å²) in [5, 5.41) is 2.54. The Hall–Kier alpha value is -0.860. The second-order valence-corrected chi connectivity index (χ2v) is 2.64. The fraction of sp³-hybridized carbons (Fsp3) is 0.750. The first kappa shape index (κ1) is 10.1. The summed E-state index contributed by atoms with van der Waals surface area (Å²) in [7, 11) is 0. The third-order valence-electron chi connectivity index (χ3n) is 1.40. The number of carbonyl (C=O) groups is 2. The summed E-state index contributed by atoms with van der Waals surface area (Å²) in [6, 6.07) is -0.326. The summed E-state index contributed by atoms with van der Waals surface area (Å²) in [4.78, 5) is 21.6. The van der Waals surface area contributed by atoms with Crippen LogP contribution in [0.5, 0.6) is 0 Å². The molecule has 0 aliphatic carbocycles. The second-order valence-electron chi connectivity index (χ2n) is 2.64. The smallest absolute Gasteiger partial charge is 0.217 e. The lowest BCUT2D eigenvalue weighted by atomic mass is 10.1. The molecular formula is C8H15NO2. The van der Waals surface area contributed by atoms with Crippen molar-refractivity contribution in [3.8, 4) is 0 Å². The van der Waals surface area contributed by atoms with Gasteiger partial charge < -0.3 is 5.32 Å². The average molecular weight is 157 g/mol. The highest BCUT2D eigenvalue weighted by molar-refractivity contribution is 5.87. The van der Waals surface area contributed by atoms with Crippen LogP contribution in [0, 0.1) is 0 Å². The van der Waals surface area contributed by atoms with E-state index < -0.39 is 0 Å². The predicted octanol–water partition coefficient (Wildman–Crippen LogP) is 0.880. The molecule has 0 aromatic rings. The highest BCUT2D eigenvalue weighted by atomic mass is 16.2. The van der Waals surface area contributed by atoms with Gasteiger partial charge in [0.1, 0.15) is 0 Å². The van der Waals surface area contributed by atoms with Crippen LogP contribution in [0.15, 0.2) is 0 Å². The first-order valence-electron chi connectivity index (χ1n) is 3.87. The molecule has 3 heteroatoms. The fourth-order valence-electron chi connectivity index (χ4n) is 0.848. The number of nitrogens with one attached hydrogen (secondary N) is 1. The van der Waals surface area contributed by atoms with Gasteiger partial charge in [0, 0.05) is 13.3 Å². The van der Waals surface area contributed by atoms with Crippen molar-refractivity contribution in [1.82, 2.24) is 5.32 Å². The normalized spacial score (nSPS) is 12.3. The quantitative estimate of drug-likeness (QED) is 0.658. The van der Waals surface area contributed by atoms with Crippen LogP contribution in [0.1, 0.15) is 33.6 Å².